The molecule has 2 aromatic carbocycles. The van der Waals surface area contributed by atoms with E-state index in [-0.39, 0.29) is 11.9 Å². The largest absolute Gasteiger partial charge is 0.496 e. The summed E-state index contributed by atoms with van der Waals surface area (Å²) in [6.07, 6.45) is 3.84. The molecule has 0 saturated heterocycles. The Labute approximate surface area is 163 Å². The lowest BCUT2D eigenvalue weighted by Gasteiger charge is -2.35. The van der Waals surface area contributed by atoms with Gasteiger partial charge < -0.3 is 10.5 Å². The van der Waals surface area contributed by atoms with E-state index in [1.807, 2.05) is 24.3 Å². The number of benzene rings is 2. The van der Waals surface area contributed by atoms with Crippen molar-refractivity contribution in [2.24, 2.45) is 5.73 Å². The van der Waals surface area contributed by atoms with Gasteiger partial charge >= 0.3 is 0 Å². The van der Waals surface area contributed by atoms with E-state index in [0.717, 1.165) is 16.9 Å². The number of methoxy groups -OCH3 is 1. The SMILES string of the molecule is COc1ccc(CN2Cc3ccccc3C[C@@H]2C(N)=O)cc1Cn1cncn1. The van der Waals surface area contributed by atoms with Gasteiger partial charge in [-0.1, -0.05) is 30.3 Å². The lowest BCUT2D eigenvalue weighted by atomic mass is 9.93. The third-order valence-electron chi connectivity index (χ3n) is 5.20. The topological polar surface area (TPSA) is 86.3 Å². The second kappa shape index (κ2) is 7.82. The lowest BCUT2D eigenvalue weighted by Crippen LogP contribution is -2.48. The van der Waals surface area contributed by atoms with Crippen LogP contribution in [0.15, 0.2) is 55.1 Å². The summed E-state index contributed by atoms with van der Waals surface area (Å²) in [7, 11) is 1.66. The van der Waals surface area contributed by atoms with Gasteiger partial charge in [-0.3, -0.25) is 9.69 Å². The Morgan fingerprint density at radius 3 is 2.75 bits per heavy atom. The van der Waals surface area contributed by atoms with E-state index in [0.29, 0.717) is 26.1 Å². The predicted molar refractivity (Wildman–Crippen MR) is 104 cm³/mol. The first-order chi connectivity index (χ1) is 13.6. The molecule has 3 aromatic rings. The van der Waals surface area contributed by atoms with Crippen LogP contribution in [0.3, 0.4) is 0 Å². The average molecular weight is 377 g/mol. The highest BCUT2D eigenvalue weighted by Gasteiger charge is 2.30. The van der Waals surface area contributed by atoms with Crippen molar-refractivity contribution in [3.8, 4) is 5.75 Å². The minimum Gasteiger partial charge on any atom is -0.496 e. The Morgan fingerprint density at radius 1 is 1.21 bits per heavy atom. The maximum atomic E-state index is 12.1. The molecule has 1 aliphatic heterocycles. The van der Waals surface area contributed by atoms with E-state index in [9.17, 15) is 4.79 Å². The molecule has 1 atom stereocenters. The number of aromatic nitrogens is 3. The second-order valence-corrected chi connectivity index (χ2v) is 7.04. The van der Waals surface area contributed by atoms with Crippen LogP contribution >= 0.6 is 0 Å². The zero-order valence-corrected chi connectivity index (χ0v) is 15.8. The summed E-state index contributed by atoms with van der Waals surface area (Å²) in [5.74, 6) is 0.514. The van der Waals surface area contributed by atoms with Gasteiger partial charge in [0, 0.05) is 18.7 Å². The second-order valence-electron chi connectivity index (χ2n) is 7.04. The first kappa shape index (κ1) is 18.2. The first-order valence-electron chi connectivity index (χ1n) is 9.22. The van der Waals surface area contributed by atoms with Crippen LogP contribution in [-0.4, -0.2) is 38.7 Å². The molecule has 28 heavy (non-hydrogen) atoms. The van der Waals surface area contributed by atoms with Gasteiger partial charge in [-0.2, -0.15) is 5.10 Å². The third kappa shape index (κ3) is 3.75. The molecule has 0 spiro atoms. The van der Waals surface area contributed by atoms with E-state index in [1.165, 1.54) is 17.5 Å². The number of rotatable bonds is 6. The number of amides is 1. The standard InChI is InChI=1S/C21H23N5O2/c1-28-20-7-6-15(8-18(20)12-26-14-23-13-24-26)10-25-11-17-5-3-2-4-16(17)9-19(25)21(22)27/h2-8,13-14,19H,9-12H2,1H3,(H2,22,27)/t19-/m1/s1. The minimum atomic E-state index is -0.309. The van der Waals surface area contributed by atoms with E-state index >= 15 is 0 Å². The summed E-state index contributed by atoms with van der Waals surface area (Å²) >= 11 is 0. The van der Waals surface area contributed by atoms with Crippen molar-refractivity contribution < 1.29 is 9.53 Å². The van der Waals surface area contributed by atoms with Crippen molar-refractivity contribution in [2.45, 2.75) is 32.1 Å². The minimum absolute atomic E-state index is 0.286. The van der Waals surface area contributed by atoms with Crippen LogP contribution in [0, 0.1) is 0 Å². The van der Waals surface area contributed by atoms with Gasteiger partial charge in [-0.15, -0.1) is 0 Å². The fraction of sp³-hybridized carbons (Fsp3) is 0.286. The summed E-state index contributed by atoms with van der Waals surface area (Å²) in [6.45, 7) is 1.91. The Kier molecular flexibility index (Phi) is 5.08. The summed E-state index contributed by atoms with van der Waals surface area (Å²) in [4.78, 5) is 18.2. The number of carbonyl (C=O) groups excluding carboxylic acids is 1. The number of carbonyl (C=O) groups is 1. The number of hydrogen-bond donors (Lipinski definition) is 1. The van der Waals surface area contributed by atoms with E-state index < -0.39 is 0 Å². The number of hydrogen-bond acceptors (Lipinski definition) is 5. The molecule has 1 amide bonds. The van der Waals surface area contributed by atoms with Crippen molar-refractivity contribution in [3.63, 3.8) is 0 Å². The van der Waals surface area contributed by atoms with E-state index in [4.69, 9.17) is 10.5 Å². The summed E-state index contributed by atoms with van der Waals surface area (Å²) in [5, 5.41) is 4.17. The molecule has 0 aliphatic carbocycles. The van der Waals surface area contributed by atoms with Crippen LogP contribution in [0.2, 0.25) is 0 Å². The first-order valence-corrected chi connectivity index (χ1v) is 9.22. The average Bonchev–Trinajstić information content (AvgIpc) is 3.20. The summed E-state index contributed by atoms with van der Waals surface area (Å²) < 4.78 is 7.25. The normalized spacial score (nSPS) is 16.5. The van der Waals surface area contributed by atoms with Crippen LogP contribution in [0.1, 0.15) is 22.3 Å². The molecule has 0 bridgehead atoms. The monoisotopic (exact) mass is 377 g/mol. The molecule has 4 rings (SSSR count). The molecule has 7 heteroatoms. The molecule has 1 aliphatic rings. The van der Waals surface area contributed by atoms with Gasteiger partial charge in [-0.05, 0) is 35.2 Å². The van der Waals surface area contributed by atoms with Crippen LogP contribution < -0.4 is 10.5 Å². The van der Waals surface area contributed by atoms with Gasteiger partial charge in [0.1, 0.15) is 18.4 Å². The summed E-state index contributed by atoms with van der Waals surface area (Å²) in [5.41, 5.74) is 10.3. The van der Waals surface area contributed by atoms with E-state index in [2.05, 4.69) is 33.2 Å². The highest BCUT2D eigenvalue weighted by atomic mass is 16.5. The molecular formula is C21H23N5O2. The van der Waals surface area contributed by atoms with Crippen LogP contribution in [0.25, 0.3) is 0 Å². The smallest absolute Gasteiger partial charge is 0.235 e. The van der Waals surface area contributed by atoms with Gasteiger partial charge in [0.2, 0.25) is 5.91 Å². The van der Waals surface area contributed by atoms with Crippen LogP contribution in [0.4, 0.5) is 0 Å². The molecule has 1 aromatic heterocycles. The van der Waals surface area contributed by atoms with Crippen molar-refractivity contribution in [1.82, 2.24) is 19.7 Å². The predicted octanol–water partition coefficient (Wildman–Crippen LogP) is 1.75. The maximum absolute atomic E-state index is 12.1. The van der Waals surface area contributed by atoms with Crippen molar-refractivity contribution in [3.05, 3.63) is 77.4 Å². The molecule has 0 radical (unpaired) electrons. The number of fused-ring (bicyclic) bond motifs is 1. The number of nitrogens with zero attached hydrogens (tertiary/aromatic N) is 4. The fourth-order valence-corrected chi connectivity index (χ4v) is 3.80. The molecule has 0 saturated carbocycles. The van der Waals surface area contributed by atoms with Crippen LogP contribution in [0.5, 0.6) is 5.75 Å². The maximum Gasteiger partial charge on any atom is 0.235 e. The highest BCUT2D eigenvalue weighted by molar-refractivity contribution is 5.80. The van der Waals surface area contributed by atoms with Crippen molar-refractivity contribution in [1.29, 1.82) is 0 Å². The Balaban J connectivity index is 1.59. The fourth-order valence-electron chi connectivity index (χ4n) is 3.80. The molecule has 2 heterocycles. The van der Waals surface area contributed by atoms with Crippen LogP contribution in [-0.2, 0) is 30.8 Å². The number of nitrogens with two attached hydrogens (primary N) is 1. The Morgan fingerprint density at radius 2 is 2.04 bits per heavy atom. The van der Waals surface area contributed by atoms with Gasteiger partial charge in [-0.25, -0.2) is 9.67 Å². The quantitative estimate of drug-likeness (QED) is 0.707. The molecule has 7 nitrogen and oxygen atoms in total. The molecule has 144 valence electrons. The van der Waals surface area contributed by atoms with E-state index in [1.54, 1.807) is 18.1 Å². The molecule has 2 N–H and O–H groups in total. The van der Waals surface area contributed by atoms with Gasteiger partial charge in [0.25, 0.3) is 0 Å². The van der Waals surface area contributed by atoms with Crippen molar-refractivity contribution in [2.75, 3.05) is 7.11 Å². The Hall–Kier alpha value is -3.19. The Bertz CT molecular complexity index is 971. The zero-order chi connectivity index (χ0) is 19.5. The number of ether oxygens (including phenoxy) is 1. The summed E-state index contributed by atoms with van der Waals surface area (Å²) in [6, 6.07) is 14.0. The lowest BCUT2D eigenvalue weighted by molar-refractivity contribution is -0.124. The third-order valence-corrected chi connectivity index (χ3v) is 5.20. The van der Waals surface area contributed by atoms with Gasteiger partial charge in [0.15, 0.2) is 0 Å². The molecule has 0 unspecified atom stereocenters. The molecular weight excluding hydrogens is 354 g/mol. The zero-order valence-electron chi connectivity index (χ0n) is 15.8. The highest BCUT2D eigenvalue weighted by Crippen LogP contribution is 2.27. The number of primary amides is 1. The van der Waals surface area contributed by atoms with Crippen molar-refractivity contribution >= 4 is 5.91 Å². The molecule has 0 fully saturated rings. The van der Waals surface area contributed by atoms with Gasteiger partial charge in [0.05, 0.1) is 19.7 Å².